The Kier molecular flexibility index (Phi) is 6.40. The van der Waals surface area contributed by atoms with Gasteiger partial charge in [-0.1, -0.05) is 23.7 Å². The monoisotopic (exact) mass is 424 g/mol. The van der Waals surface area contributed by atoms with Crippen LogP contribution in [0.15, 0.2) is 88.1 Å². The van der Waals surface area contributed by atoms with Crippen LogP contribution in [0.1, 0.15) is 5.56 Å². The second-order valence-electron chi connectivity index (χ2n) is 5.84. The zero-order chi connectivity index (χ0) is 21.5. The largest absolute Gasteiger partial charge is 0.276 e. The van der Waals surface area contributed by atoms with Crippen LogP contribution in [0, 0.1) is 20.2 Å². The molecule has 150 valence electrons. The highest BCUT2D eigenvalue weighted by Crippen LogP contribution is 2.20. The first kappa shape index (κ1) is 20.6. The summed E-state index contributed by atoms with van der Waals surface area (Å²) in [6.45, 7) is 0. The van der Waals surface area contributed by atoms with Crippen molar-refractivity contribution in [2.45, 2.75) is 0 Å². The van der Waals surface area contributed by atoms with E-state index in [0.29, 0.717) is 22.0 Å². The molecule has 0 saturated carbocycles. The maximum Gasteiger partial charge on any atom is 0.270 e. The van der Waals surface area contributed by atoms with Gasteiger partial charge in [0.05, 0.1) is 21.2 Å². The fraction of sp³-hybridized carbons (Fsp3) is 0. The highest BCUT2D eigenvalue weighted by molar-refractivity contribution is 6.30. The smallest absolute Gasteiger partial charge is 0.270 e. The second-order valence-corrected chi connectivity index (χ2v) is 6.27. The molecular formula is C19H13ClN6O4. The number of nitrogens with zero attached hydrogens (tertiary/aromatic N) is 5. The van der Waals surface area contributed by atoms with Crippen molar-refractivity contribution in [3.05, 3.63) is 104 Å². The molecule has 0 aliphatic rings. The summed E-state index contributed by atoms with van der Waals surface area (Å²) in [6, 6.07) is 18.0. The molecule has 0 amide bonds. The first-order valence-corrected chi connectivity index (χ1v) is 8.80. The van der Waals surface area contributed by atoms with E-state index in [1.807, 2.05) is 0 Å². The number of amidine groups is 1. The van der Waals surface area contributed by atoms with Crippen LogP contribution in [-0.4, -0.2) is 15.7 Å². The highest BCUT2D eigenvalue weighted by Gasteiger charge is 2.11. The standard InChI is InChI=1S/C19H13ClN6O4/c20-14-4-6-15(7-5-14)21-23-19(13-2-1-3-18(12-13)26(29)30)24-22-16-8-10-17(11-9-16)25(27)28/h1-12,21H/b23-19-,24-22?. The average molecular weight is 425 g/mol. The van der Waals surface area contributed by atoms with Crippen LogP contribution in [-0.2, 0) is 0 Å². The van der Waals surface area contributed by atoms with Crippen molar-refractivity contribution >= 4 is 40.2 Å². The molecule has 3 rings (SSSR count). The molecule has 0 bridgehead atoms. The summed E-state index contributed by atoms with van der Waals surface area (Å²) in [5.41, 5.74) is 3.92. The Morgan fingerprint density at radius 3 is 2.17 bits per heavy atom. The van der Waals surface area contributed by atoms with Gasteiger partial charge in [0.2, 0.25) is 5.84 Å². The number of rotatable bonds is 6. The van der Waals surface area contributed by atoms with E-state index < -0.39 is 9.85 Å². The summed E-state index contributed by atoms with van der Waals surface area (Å²) < 4.78 is 0. The van der Waals surface area contributed by atoms with Gasteiger partial charge in [0.25, 0.3) is 11.4 Å². The highest BCUT2D eigenvalue weighted by atomic mass is 35.5. The van der Waals surface area contributed by atoms with E-state index in [9.17, 15) is 20.2 Å². The first-order valence-electron chi connectivity index (χ1n) is 8.43. The quantitative estimate of drug-likeness (QED) is 0.177. The van der Waals surface area contributed by atoms with Gasteiger partial charge in [-0.05, 0) is 36.4 Å². The van der Waals surface area contributed by atoms with E-state index in [0.717, 1.165) is 0 Å². The topological polar surface area (TPSA) is 135 Å². The number of hydrogen-bond acceptors (Lipinski definition) is 7. The second kappa shape index (κ2) is 9.34. The third-order valence-corrected chi connectivity index (χ3v) is 4.02. The van der Waals surface area contributed by atoms with E-state index in [1.165, 1.54) is 42.5 Å². The minimum absolute atomic E-state index is 0.0759. The predicted molar refractivity (Wildman–Crippen MR) is 112 cm³/mol. The molecular weight excluding hydrogens is 412 g/mol. The molecule has 1 N–H and O–H groups in total. The molecule has 0 aliphatic carbocycles. The van der Waals surface area contributed by atoms with E-state index in [2.05, 4.69) is 20.8 Å². The third kappa shape index (κ3) is 5.42. The Bertz CT molecular complexity index is 1130. The zero-order valence-corrected chi connectivity index (χ0v) is 15.9. The molecule has 3 aromatic rings. The minimum atomic E-state index is -0.527. The molecule has 0 aliphatic heterocycles. The molecule has 3 aromatic carbocycles. The van der Waals surface area contributed by atoms with Crippen LogP contribution in [0.2, 0.25) is 5.02 Å². The van der Waals surface area contributed by atoms with Gasteiger partial charge >= 0.3 is 0 Å². The van der Waals surface area contributed by atoms with Gasteiger partial charge in [0.1, 0.15) is 0 Å². The predicted octanol–water partition coefficient (Wildman–Crippen LogP) is 5.71. The van der Waals surface area contributed by atoms with E-state index in [1.54, 1.807) is 30.3 Å². The molecule has 0 fully saturated rings. The molecule has 0 heterocycles. The lowest BCUT2D eigenvalue weighted by molar-refractivity contribution is -0.385. The van der Waals surface area contributed by atoms with E-state index >= 15 is 0 Å². The van der Waals surface area contributed by atoms with Crippen LogP contribution in [0.25, 0.3) is 0 Å². The van der Waals surface area contributed by atoms with Crippen molar-refractivity contribution in [1.29, 1.82) is 0 Å². The SMILES string of the molecule is O=[N+]([O-])c1ccc(N=N/C(=N\Nc2ccc(Cl)cc2)c2cccc([N+](=O)[O-])c2)cc1. The Morgan fingerprint density at radius 2 is 1.53 bits per heavy atom. The van der Waals surface area contributed by atoms with Gasteiger partial charge < -0.3 is 0 Å². The zero-order valence-electron chi connectivity index (χ0n) is 15.2. The number of nitro groups is 2. The summed E-state index contributed by atoms with van der Waals surface area (Å²) in [7, 11) is 0. The molecule has 0 unspecified atom stereocenters. The molecule has 10 nitrogen and oxygen atoms in total. The number of hydrogen-bond donors (Lipinski definition) is 1. The summed E-state index contributed by atoms with van der Waals surface area (Å²) >= 11 is 5.86. The summed E-state index contributed by atoms with van der Waals surface area (Å²) in [5, 5.41) is 34.7. The van der Waals surface area contributed by atoms with Gasteiger partial charge in [-0.2, -0.15) is 5.10 Å². The van der Waals surface area contributed by atoms with Crippen LogP contribution in [0.4, 0.5) is 22.7 Å². The average Bonchev–Trinajstić information content (AvgIpc) is 2.75. The van der Waals surface area contributed by atoms with Crippen LogP contribution in [0.5, 0.6) is 0 Å². The van der Waals surface area contributed by atoms with Gasteiger partial charge in [-0.25, -0.2) is 0 Å². The maximum atomic E-state index is 11.1. The van der Waals surface area contributed by atoms with Crippen LogP contribution in [0.3, 0.4) is 0 Å². The van der Waals surface area contributed by atoms with Gasteiger partial charge in [-0.15, -0.1) is 10.2 Å². The summed E-state index contributed by atoms with van der Waals surface area (Å²) in [4.78, 5) is 20.8. The lowest BCUT2D eigenvalue weighted by atomic mass is 10.2. The van der Waals surface area contributed by atoms with Crippen molar-refractivity contribution in [3.63, 3.8) is 0 Å². The number of anilines is 1. The first-order chi connectivity index (χ1) is 14.4. The normalized spacial score (nSPS) is 11.4. The van der Waals surface area contributed by atoms with Gasteiger partial charge in [0.15, 0.2) is 0 Å². The van der Waals surface area contributed by atoms with E-state index in [-0.39, 0.29) is 17.2 Å². The van der Waals surface area contributed by atoms with Crippen molar-refractivity contribution in [2.24, 2.45) is 15.3 Å². The van der Waals surface area contributed by atoms with Crippen molar-refractivity contribution in [2.75, 3.05) is 5.43 Å². The summed E-state index contributed by atoms with van der Waals surface area (Å²) in [5.74, 6) is 0.0759. The Labute approximate surface area is 174 Å². The van der Waals surface area contributed by atoms with E-state index in [4.69, 9.17) is 11.6 Å². The number of benzene rings is 3. The Hall–Kier alpha value is -4.18. The number of nitro benzene ring substituents is 2. The number of halogens is 1. The number of azo groups is 1. The molecule has 0 aromatic heterocycles. The summed E-state index contributed by atoms with van der Waals surface area (Å²) in [6.07, 6.45) is 0. The number of hydrazone groups is 1. The Balaban J connectivity index is 1.92. The maximum absolute atomic E-state index is 11.1. The molecule has 0 saturated heterocycles. The molecule has 11 heteroatoms. The minimum Gasteiger partial charge on any atom is -0.276 e. The van der Waals surface area contributed by atoms with Crippen molar-refractivity contribution < 1.29 is 9.85 Å². The Morgan fingerprint density at radius 1 is 0.867 bits per heavy atom. The fourth-order valence-corrected chi connectivity index (χ4v) is 2.42. The molecule has 30 heavy (non-hydrogen) atoms. The van der Waals surface area contributed by atoms with Crippen molar-refractivity contribution in [1.82, 2.24) is 0 Å². The van der Waals surface area contributed by atoms with Gasteiger partial charge in [0, 0.05) is 34.9 Å². The lowest BCUT2D eigenvalue weighted by Gasteiger charge is -2.04. The molecule has 0 spiro atoms. The van der Waals surface area contributed by atoms with Crippen LogP contribution < -0.4 is 5.43 Å². The third-order valence-electron chi connectivity index (χ3n) is 3.77. The van der Waals surface area contributed by atoms with Gasteiger partial charge in [-0.3, -0.25) is 25.7 Å². The molecule has 0 atom stereocenters. The van der Waals surface area contributed by atoms with Crippen LogP contribution >= 0.6 is 11.6 Å². The number of non-ortho nitro benzene ring substituents is 2. The fourth-order valence-electron chi connectivity index (χ4n) is 2.29. The van der Waals surface area contributed by atoms with Crippen molar-refractivity contribution in [3.8, 4) is 0 Å². The molecule has 0 radical (unpaired) electrons. The number of nitrogens with one attached hydrogen (secondary N) is 1. The lowest BCUT2D eigenvalue weighted by Crippen LogP contribution is -2.02.